The molecule has 23 heavy (non-hydrogen) atoms. The molecular weight excluding hydrogens is 290 g/mol. The van der Waals surface area contributed by atoms with E-state index in [1.807, 2.05) is 6.92 Å². The molecule has 124 valence electrons. The summed E-state index contributed by atoms with van der Waals surface area (Å²) >= 11 is 0. The Bertz CT molecular complexity index is 606. The molecule has 0 saturated carbocycles. The van der Waals surface area contributed by atoms with E-state index in [4.69, 9.17) is 5.73 Å². The van der Waals surface area contributed by atoms with Gasteiger partial charge in [0.15, 0.2) is 0 Å². The van der Waals surface area contributed by atoms with E-state index >= 15 is 0 Å². The van der Waals surface area contributed by atoms with Gasteiger partial charge in [0.05, 0.1) is 6.04 Å². The second-order valence-corrected chi connectivity index (χ2v) is 6.72. The van der Waals surface area contributed by atoms with Crippen molar-refractivity contribution in [3.63, 3.8) is 0 Å². The molecule has 3 N–H and O–H groups in total. The number of urea groups is 1. The summed E-state index contributed by atoms with van der Waals surface area (Å²) < 4.78 is 0. The van der Waals surface area contributed by atoms with Crippen molar-refractivity contribution in [2.45, 2.75) is 45.1 Å². The minimum Gasteiger partial charge on any atom is -0.369 e. The first-order valence-electron chi connectivity index (χ1n) is 8.51. The van der Waals surface area contributed by atoms with Gasteiger partial charge in [-0.15, -0.1) is 0 Å². The Labute approximate surface area is 137 Å². The molecular formula is C18H25N3O2. The van der Waals surface area contributed by atoms with E-state index in [2.05, 4.69) is 23.5 Å². The van der Waals surface area contributed by atoms with Gasteiger partial charge in [-0.3, -0.25) is 4.79 Å². The maximum Gasteiger partial charge on any atom is 0.317 e. The summed E-state index contributed by atoms with van der Waals surface area (Å²) in [5.74, 6) is -0.343. The van der Waals surface area contributed by atoms with E-state index in [1.54, 1.807) is 4.90 Å². The summed E-state index contributed by atoms with van der Waals surface area (Å²) in [7, 11) is 0. The predicted octanol–water partition coefficient (Wildman–Crippen LogP) is 2.14. The maximum absolute atomic E-state index is 12.4. The molecule has 3 rings (SSSR count). The molecule has 1 heterocycles. The van der Waals surface area contributed by atoms with Crippen LogP contribution in [0.3, 0.4) is 0 Å². The summed E-state index contributed by atoms with van der Waals surface area (Å²) in [6.07, 6.45) is 4.87. The number of nitrogens with zero attached hydrogens (tertiary/aromatic N) is 1. The zero-order chi connectivity index (χ0) is 16.4. The first-order chi connectivity index (χ1) is 11.0. The molecule has 1 aromatic rings. The van der Waals surface area contributed by atoms with Crippen molar-refractivity contribution in [2.75, 3.05) is 13.1 Å². The molecule has 1 saturated heterocycles. The molecule has 0 radical (unpaired) electrons. The largest absolute Gasteiger partial charge is 0.369 e. The predicted molar refractivity (Wildman–Crippen MR) is 88.9 cm³/mol. The molecule has 2 aliphatic rings. The van der Waals surface area contributed by atoms with Crippen molar-refractivity contribution in [3.05, 3.63) is 34.9 Å². The van der Waals surface area contributed by atoms with E-state index in [9.17, 15) is 9.59 Å². The number of nitrogens with two attached hydrogens (primary N) is 1. The van der Waals surface area contributed by atoms with Crippen LogP contribution in [0.25, 0.3) is 0 Å². The molecule has 3 amide bonds. The molecule has 1 atom stereocenters. The molecule has 0 unspecified atom stereocenters. The van der Waals surface area contributed by atoms with Gasteiger partial charge in [0.1, 0.15) is 0 Å². The number of rotatable bonds is 3. The van der Waals surface area contributed by atoms with Crippen LogP contribution in [0.15, 0.2) is 18.2 Å². The van der Waals surface area contributed by atoms with Crippen LogP contribution in [0.1, 0.15) is 48.9 Å². The number of piperidine rings is 1. The minimum atomic E-state index is -0.253. The topological polar surface area (TPSA) is 75.4 Å². The summed E-state index contributed by atoms with van der Waals surface area (Å²) in [6, 6.07) is 6.47. The number of carbonyl (C=O) groups is 2. The number of likely N-dealkylation sites (tertiary alicyclic amines) is 1. The van der Waals surface area contributed by atoms with Gasteiger partial charge in [-0.25, -0.2) is 4.79 Å². The monoisotopic (exact) mass is 315 g/mol. The molecule has 5 nitrogen and oxygen atoms in total. The van der Waals surface area contributed by atoms with Crippen LogP contribution < -0.4 is 11.1 Å². The van der Waals surface area contributed by atoms with Gasteiger partial charge in [-0.1, -0.05) is 18.2 Å². The molecule has 1 aromatic carbocycles. The summed E-state index contributed by atoms with van der Waals surface area (Å²) in [5.41, 5.74) is 9.36. The van der Waals surface area contributed by atoms with E-state index in [0.717, 1.165) is 12.0 Å². The van der Waals surface area contributed by atoms with Gasteiger partial charge in [0.2, 0.25) is 5.91 Å². The lowest BCUT2D eigenvalue weighted by molar-refractivity contribution is -0.123. The SMILES string of the molecule is C[C@H](NC(=O)N1CCC(C(N)=O)CC1)c1ccc2c(c1)CCC2. The molecule has 0 spiro atoms. The number of amides is 3. The molecule has 0 aromatic heterocycles. The number of fused-ring (bicyclic) bond motifs is 1. The van der Waals surface area contributed by atoms with Gasteiger partial charge in [0, 0.05) is 19.0 Å². The summed E-state index contributed by atoms with van der Waals surface area (Å²) in [5, 5.41) is 3.07. The standard InChI is InChI=1S/C18H25N3O2/c1-12(15-6-5-13-3-2-4-16(13)11-15)20-18(23)21-9-7-14(8-10-21)17(19)22/h5-6,11-12,14H,2-4,7-10H2,1H3,(H2,19,22)(H,20,23)/t12-/m0/s1. The van der Waals surface area contributed by atoms with E-state index in [1.165, 1.54) is 24.0 Å². The number of hydrogen-bond acceptors (Lipinski definition) is 2. The van der Waals surface area contributed by atoms with Crippen molar-refractivity contribution < 1.29 is 9.59 Å². The number of hydrogen-bond donors (Lipinski definition) is 2. The molecule has 1 aliphatic carbocycles. The van der Waals surface area contributed by atoms with Crippen molar-refractivity contribution in [2.24, 2.45) is 11.7 Å². The second kappa shape index (κ2) is 6.60. The molecule has 1 fully saturated rings. The third kappa shape index (κ3) is 3.49. The van der Waals surface area contributed by atoms with Gasteiger partial charge in [-0.2, -0.15) is 0 Å². The third-order valence-electron chi connectivity index (χ3n) is 5.15. The van der Waals surface area contributed by atoms with Crippen LogP contribution in [-0.2, 0) is 17.6 Å². The highest BCUT2D eigenvalue weighted by Gasteiger charge is 2.26. The average molecular weight is 315 g/mol. The fourth-order valence-corrected chi connectivity index (χ4v) is 3.59. The highest BCUT2D eigenvalue weighted by molar-refractivity contribution is 5.78. The second-order valence-electron chi connectivity index (χ2n) is 6.72. The maximum atomic E-state index is 12.4. The van der Waals surface area contributed by atoms with Gasteiger partial charge in [0.25, 0.3) is 0 Å². The minimum absolute atomic E-state index is 0.0118. The van der Waals surface area contributed by atoms with Crippen LogP contribution >= 0.6 is 0 Å². The van der Waals surface area contributed by atoms with Crippen LogP contribution in [0.2, 0.25) is 0 Å². The summed E-state index contributed by atoms with van der Waals surface area (Å²) in [6.45, 7) is 3.21. The summed E-state index contributed by atoms with van der Waals surface area (Å²) in [4.78, 5) is 25.4. The fraction of sp³-hybridized carbons (Fsp3) is 0.556. The van der Waals surface area contributed by atoms with E-state index in [0.29, 0.717) is 25.9 Å². The number of nitrogens with one attached hydrogen (secondary N) is 1. The smallest absolute Gasteiger partial charge is 0.317 e. The fourth-order valence-electron chi connectivity index (χ4n) is 3.59. The number of carbonyl (C=O) groups excluding carboxylic acids is 2. The Balaban J connectivity index is 1.56. The van der Waals surface area contributed by atoms with Crippen LogP contribution in [0.4, 0.5) is 4.79 Å². The lowest BCUT2D eigenvalue weighted by Crippen LogP contribution is -2.46. The zero-order valence-corrected chi connectivity index (χ0v) is 13.7. The Morgan fingerprint density at radius 3 is 2.61 bits per heavy atom. The lowest BCUT2D eigenvalue weighted by atomic mass is 9.96. The average Bonchev–Trinajstić information content (AvgIpc) is 3.02. The normalized spacial score (nSPS) is 19.3. The number of primary amides is 1. The quantitative estimate of drug-likeness (QED) is 0.896. The van der Waals surface area contributed by atoms with Crippen molar-refractivity contribution in [1.82, 2.24) is 10.2 Å². The Kier molecular flexibility index (Phi) is 4.55. The highest BCUT2D eigenvalue weighted by Crippen LogP contribution is 2.25. The van der Waals surface area contributed by atoms with Gasteiger partial charge < -0.3 is 16.0 Å². The first-order valence-corrected chi connectivity index (χ1v) is 8.51. The van der Waals surface area contributed by atoms with Crippen molar-refractivity contribution in [1.29, 1.82) is 0 Å². The number of aryl methyl sites for hydroxylation is 2. The number of benzene rings is 1. The molecule has 0 bridgehead atoms. The van der Waals surface area contributed by atoms with Crippen molar-refractivity contribution in [3.8, 4) is 0 Å². The first kappa shape index (κ1) is 15.8. The third-order valence-corrected chi connectivity index (χ3v) is 5.15. The molecule has 1 aliphatic heterocycles. The lowest BCUT2D eigenvalue weighted by Gasteiger charge is -2.31. The Morgan fingerprint density at radius 2 is 1.91 bits per heavy atom. The van der Waals surface area contributed by atoms with Gasteiger partial charge in [-0.05, 0) is 55.7 Å². The zero-order valence-electron chi connectivity index (χ0n) is 13.7. The van der Waals surface area contributed by atoms with Gasteiger partial charge >= 0.3 is 6.03 Å². The Morgan fingerprint density at radius 1 is 1.22 bits per heavy atom. The van der Waals surface area contributed by atoms with Crippen LogP contribution in [0.5, 0.6) is 0 Å². The van der Waals surface area contributed by atoms with Crippen LogP contribution in [-0.4, -0.2) is 29.9 Å². The van der Waals surface area contributed by atoms with Crippen LogP contribution in [0, 0.1) is 5.92 Å². The Hall–Kier alpha value is -2.04. The molecule has 5 heteroatoms. The van der Waals surface area contributed by atoms with Crippen molar-refractivity contribution >= 4 is 11.9 Å². The van der Waals surface area contributed by atoms with E-state index < -0.39 is 0 Å². The van der Waals surface area contributed by atoms with E-state index in [-0.39, 0.29) is 23.9 Å². The highest BCUT2D eigenvalue weighted by atomic mass is 16.2.